The molecule has 0 atom stereocenters. The van der Waals surface area contributed by atoms with Gasteiger partial charge in [-0.25, -0.2) is 4.79 Å². The fourth-order valence-electron chi connectivity index (χ4n) is 2.08. The number of rotatable bonds is 4. The maximum Gasteiger partial charge on any atom is 0.315 e. The summed E-state index contributed by atoms with van der Waals surface area (Å²) in [6.45, 7) is 1.53. The lowest BCUT2D eigenvalue weighted by atomic mass is 9.94. The molecule has 1 aliphatic heterocycles. The summed E-state index contributed by atoms with van der Waals surface area (Å²) >= 11 is 11.8. The molecule has 0 radical (unpaired) electrons. The molecule has 2 amide bonds. The van der Waals surface area contributed by atoms with Crippen molar-refractivity contribution >= 4 is 29.2 Å². The summed E-state index contributed by atoms with van der Waals surface area (Å²) in [5, 5.41) is 16.6. The molecule has 0 spiro atoms. The second-order valence-electron chi connectivity index (χ2n) is 5.11. The predicted octanol–water partition coefficient (Wildman–Crippen LogP) is 2.33. The Bertz CT molecular complexity index is 505. The average Bonchev–Trinajstić information content (AvgIpc) is 2.45. The van der Waals surface area contributed by atoms with Crippen LogP contribution in [-0.4, -0.2) is 36.5 Å². The van der Waals surface area contributed by atoms with Gasteiger partial charge in [-0.3, -0.25) is 0 Å². The highest BCUT2D eigenvalue weighted by molar-refractivity contribution is 6.35. The van der Waals surface area contributed by atoms with Gasteiger partial charge >= 0.3 is 6.03 Å². The van der Waals surface area contributed by atoms with Crippen molar-refractivity contribution in [2.24, 2.45) is 0 Å². The quantitative estimate of drug-likeness (QED) is 0.792. The number of benzene rings is 1. The van der Waals surface area contributed by atoms with Gasteiger partial charge in [-0.2, -0.15) is 0 Å². The monoisotopic (exact) mass is 332 g/mol. The SMILES string of the molecule is O=C(NCc1ccc(Cl)cc1Cl)NCC1(O)CCOCC1. The first kappa shape index (κ1) is 16.4. The van der Waals surface area contributed by atoms with Gasteiger partial charge in [0, 0.05) is 49.2 Å². The second kappa shape index (κ2) is 7.31. The van der Waals surface area contributed by atoms with Gasteiger partial charge in [0.1, 0.15) is 0 Å². The van der Waals surface area contributed by atoms with Crippen LogP contribution in [0.5, 0.6) is 0 Å². The normalized spacial score (nSPS) is 17.3. The molecule has 1 aromatic rings. The Morgan fingerprint density at radius 1 is 1.29 bits per heavy atom. The number of urea groups is 1. The third-order valence-electron chi connectivity index (χ3n) is 3.46. The van der Waals surface area contributed by atoms with Crippen LogP contribution in [0.3, 0.4) is 0 Å². The van der Waals surface area contributed by atoms with Gasteiger partial charge in [0.2, 0.25) is 0 Å². The Hall–Kier alpha value is -1.01. The second-order valence-corrected chi connectivity index (χ2v) is 5.95. The number of aliphatic hydroxyl groups is 1. The van der Waals surface area contributed by atoms with E-state index in [0.717, 1.165) is 5.56 Å². The van der Waals surface area contributed by atoms with Crippen LogP contribution in [0, 0.1) is 0 Å². The minimum Gasteiger partial charge on any atom is -0.388 e. The van der Waals surface area contributed by atoms with Crippen LogP contribution in [0.4, 0.5) is 4.79 Å². The maximum atomic E-state index is 11.7. The minimum absolute atomic E-state index is 0.205. The van der Waals surface area contributed by atoms with Crippen molar-refractivity contribution in [2.75, 3.05) is 19.8 Å². The molecule has 0 bridgehead atoms. The van der Waals surface area contributed by atoms with Gasteiger partial charge in [-0.1, -0.05) is 29.3 Å². The van der Waals surface area contributed by atoms with E-state index in [1.165, 1.54) is 0 Å². The smallest absolute Gasteiger partial charge is 0.315 e. The van der Waals surface area contributed by atoms with Crippen molar-refractivity contribution < 1.29 is 14.6 Å². The first-order valence-corrected chi connectivity index (χ1v) is 7.50. The van der Waals surface area contributed by atoms with Crippen LogP contribution in [0.25, 0.3) is 0 Å². The largest absolute Gasteiger partial charge is 0.388 e. The molecule has 1 fully saturated rings. The highest BCUT2D eigenvalue weighted by Gasteiger charge is 2.30. The zero-order valence-corrected chi connectivity index (χ0v) is 13.0. The highest BCUT2D eigenvalue weighted by atomic mass is 35.5. The predicted molar refractivity (Wildman–Crippen MR) is 81.7 cm³/mol. The third-order valence-corrected chi connectivity index (χ3v) is 4.04. The van der Waals surface area contributed by atoms with E-state index in [1.807, 2.05) is 0 Å². The molecule has 0 saturated carbocycles. The summed E-state index contributed by atoms with van der Waals surface area (Å²) in [5.74, 6) is 0. The van der Waals surface area contributed by atoms with E-state index in [2.05, 4.69) is 10.6 Å². The Morgan fingerprint density at radius 2 is 2.00 bits per heavy atom. The number of hydrogen-bond donors (Lipinski definition) is 3. The third kappa shape index (κ3) is 5.04. The van der Waals surface area contributed by atoms with Crippen LogP contribution >= 0.6 is 23.2 Å². The van der Waals surface area contributed by atoms with Gasteiger partial charge in [-0.15, -0.1) is 0 Å². The van der Waals surface area contributed by atoms with Crippen LogP contribution < -0.4 is 10.6 Å². The highest BCUT2D eigenvalue weighted by Crippen LogP contribution is 2.21. The first-order chi connectivity index (χ1) is 9.98. The molecular formula is C14H18Cl2N2O3. The van der Waals surface area contributed by atoms with E-state index in [9.17, 15) is 9.90 Å². The number of halogens is 2. The molecule has 5 nitrogen and oxygen atoms in total. The van der Waals surface area contributed by atoms with Crippen molar-refractivity contribution in [2.45, 2.75) is 25.0 Å². The summed E-state index contributed by atoms with van der Waals surface area (Å²) < 4.78 is 5.19. The molecule has 2 rings (SSSR count). The zero-order chi connectivity index (χ0) is 15.3. The van der Waals surface area contributed by atoms with Gasteiger partial charge in [0.05, 0.1) is 5.60 Å². The number of hydrogen-bond acceptors (Lipinski definition) is 3. The molecule has 0 aliphatic carbocycles. The lowest BCUT2D eigenvalue weighted by Gasteiger charge is -2.32. The molecule has 1 aromatic carbocycles. The van der Waals surface area contributed by atoms with Crippen LogP contribution in [-0.2, 0) is 11.3 Å². The van der Waals surface area contributed by atoms with Crippen molar-refractivity contribution in [3.8, 4) is 0 Å². The Balaban J connectivity index is 1.77. The topological polar surface area (TPSA) is 70.6 Å². The summed E-state index contributed by atoms with van der Waals surface area (Å²) in [7, 11) is 0. The molecule has 1 aliphatic rings. The van der Waals surface area contributed by atoms with E-state index >= 15 is 0 Å². The van der Waals surface area contributed by atoms with Crippen molar-refractivity contribution in [3.05, 3.63) is 33.8 Å². The fourth-order valence-corrected chi connectivity index (χ4v) is 2.55. The van der Waals surface area contributed by atoms with E-state index in [-0.39, 0.29) is 12.6 Å². The standard InChI is InChI=1S/C14H18Cl2N2O3/c15-11-2-1-10(12(16)7-11)8-17-13(19)18-9-14(20)3-5-21-6-4-14/h1-2,7,20H,3-6,8-9H2,(H2,17,18,19). The minimum atomic E-state index is -0.881. The number of carbonyl (C=O) groups excluding carboxylic acids is 1. The van der Waals surface area contributed by atoms with Crippen LogP contribution in [0.1, 0.15) is 18.4 Å². The number of amides is 2. The maximum absolute atomic E-state index is 11.7. The van der Waals surface area contributed by atoms with Gasteiger partial charge in [-0.05, 0) is 17.7 Å². The Labute approximate surface area is 133 Å². The van der Waals surface area contributed by atoms with Crippen molar-refractivity contribution in [1.29, 1.82) is 0 Å². The summed E-state index contributed by atoms with van der Waals surface area (Å²) in [4.78, 5) is 11.7. The zero-order valence-electron chi connectivity index (χ0n) is 11.5. The van der Waals surface area contributed by atoms with Gasteiger partial charge in [0.25, 0.3) is 0 Å². The Kier molecular flexibility index (Phi) is 5.70. The van der Waals surface area contributed by atoms with Gasteiger partial charge in [0.15, 0.2) is 0 Å². The summed E-state index contributed by atoms with van der Waals surface area (Å²) in [6, 6.07) is 4.76. The van der Waals surface area contributed by atoms with Crippen LogP contribution in [0.2, 0.25) is 10.0 Å². The van der Waals surface area contributed by atoms with E-state index in [1.54, 1.807) is 18.2 Å². The molecule has 0 unspecified atom stereocenters. The lowest BCUT2D eigenvalue weighted by molar-refractivity contribution is -0.0600. The van der Waals surface area contributed by atoms with Crippen LogP contribution in [0.15, 0.2) is 18.2 Å². The van der Waals surface area contributed by atoms with E-state index in [0.29, 0.717) is 42.6 Å². The number of nitrogens with one attached hydrogen (secondary N) is 2. The van der Waals surface area contributed by atoms with Gasteiger partial charge < -0.3 is 20.5 Å². The van der Waals surface area contributed by atoms with E-state index in [4.69, 9.17) is 27.9 Å². The number of ether oxygens (including phenoxy) is 1. The lowest BCUT2D eigenvalue weighted by Crippen LogP contribution is -2.48. The molecular weight excluding hydrogens is 315 g/mol. The fraction of sp³-hybridized carbons (Fsp3) is 0.500. The summed E-state index contributed by atoms with van der Waals surface area (Å²) in [5.41, 5.74) is -0.103. The molecule has 7 heteroatoms. The summed E-state index contributed by atoms with van der Waals surface area (Å²) in [6.07, 6.45) is 1.05. The molecule has 3 N–H and O–H groups in total. The van der Waals surface area contributed by atoms with E-state index < -0.39 is 5.60 Å². The van der Waals surface area contributed by atoms with Crippen molar-refractivity contribution in [3.63, 3.8) is 0 Å². The Morgan fingerprint density at radius 3 is 2.67 bits per heavy atom. The van der Waals surface area contributed by atoms with Crippen molar-refractivity contribution in [1.82, 2.24) is 10.6 Å². The average molecular weight is 333 g/mol. The molecule has 1 heterocycles. The molecule has 116 valence electrons. The molecule has 1 saturated heterocycles. The number of carbonyl (C=O) groups is 1. The first-order valence-electron chi connectivity index (χ1n) is 6.74. The molecule has 0 aromatic heterocycles. The molecule has 21 heavy (non-hydrogen) atoms.